The molecule has 5 nitrogen and oxygen atoms in total. The summed E-state index contributed by atoms with van der Waals surface area (Å²) >= 11 is 1.73. The third-order valence-corrected chi connectivity index (χ3v) is 6.14. The van der Waals surface area contributed by atoms with Crippen molar-refractivity contribution in [2.45, 2.75) is 27.3 Å². The van der Waals surface area contributed by atoms with E-state index in [0.717, 1.165) is 40.0 Å². The average Bonchev–Trinajstić information content (AvgIpc) is 3.28. The minimum absolute atomic E-state index is 0.233. The predicted molar refractivity (Wildman–Crippen MR) is 127 cm³/mol. The molecule has 0 fully saturated rings. The summed E-state index contributed by atoms with van der Waals surface area (Å²) in [5.74, 6) is 0.392. The highest BCUT2D eigenvalue weighted by Gasteiger charge is 2.22. The molecule has 3 rings (SSSR count). The van der Waals surface area contributed by atoms with Crippen LogP contribution in [0.1, 0.15) is 28.5 Å². The highest BCUT2D eigenvalue weighted by molar-refractivity contribution is 7.09. The van der Waals surface area contributed by atoms with E-state index in [1.807, 2.05) is 32.0 Å². The van der Waals surface area contributed by atoms with Crippen LogP contribution in [0.2, 0.25) is 0 Å². The number of thiophene rings is 1. The molecule has 0 aliphatic heterocycles. The van der Waals surface area contributed by atoms with Gasteiger partial charge < -0.3 is 19.9 Å². The second-order valence-corrected chi connectivity index (χ2v) is 8.28. The molecule has 0 unspecified atom stereocenters. The highest BCUT2D eigenvalue weighted by atomic mass is 32.1. The van der Waals surface area contributed by atoms with Gasteiger partial charge in [-0.25, -0.2) is 4.79 Å². The number of aliphatic carboxylic acids is 1. The van der Waals surface area contributed by atoms with Gasteiger partial charge in [0.15, 0.2) is 0 Å². The summed E-state index contributed by atoms with van der Waals surface area (Å²) in [4.78, 5) is 12.6. The molecule has 0 spiro atoms. The quantitative estimate of drug-likeness (QED) is 0.414. The third-order valence-electron chi connectivity index (χ3n) is 5.26. The second-order valence-electron chi connectivity index (χ2n) is 7.25. The molecule has 2 N–H and O–H groups in total. The van der Waals surface area contributed by atoms with Crippen LogP contribution in [0.3, 0.4) is 0 Å². The molecule has 0 radical (unpaired) electrons. The van der Waals surface area contributed by atoms with Crippen LogP contribution in [0.4, 0.5) is 5.69 Å². The average molecular weight is 438 g/mol. The first-order valence-electron chi connectivity index (χ1n) is 9.90. The van der Waals surface area contributed by atoms with E-state index in [1.165, 1.54) is 4.88 Å². The molecule has 2 aromatic carbocycles. The summed E-state index contributed by atoms with van der Waals surface area (Å²) in [6.07, 6.45) is 1.63. The van der Waals surface area contributed by atoms with Crippen molar-refractivity contribution in [3.8, 4) is 22.6 Å². The zero-order chi connectivity index (χ0) is 22.5. The van der Waals surface area contributed by atoms with Gasteiger partial charge in [0.1, 0.15) is 11.5 Å². The van der Waals surface area contributed by atoms with Crippen molar-refractivity contribution in [2.75, 3.05) is 19.5 Å². The van der Waals surface area contributed by atoms with Gasteiger partial charge in [-0.1, -0.05) is 18.2 Å². The molecule has 0 saturated carbocycles. The van der Waals surface area contributed by atoms with Crippen LogP contribution in [0, 0.1) is 13.8 Å². The Morgan fingerprint density at radius 2 is 1.74 bits per heavy atom. The van der Waals surface area contributed by atoms with Crippen LogP contribution in [-0.4, -0.2) is 25.3 Å². The van der Waals surface area contributed by atoms with E-state index >= 15 is 0 Å². The minimum atomic E-state index is -0.965. The monoisotopic (exact) mass is 437 g/mol. The Balaban J connectivity index is 2.03. The lowest BCUT2D eigenvalue weighted by Crippen LogP contribution is -2.03. The van der Waals surface area contributed by atoms with Gasteiger partial charge >= 0.3 is 5.97 Å². The SMILES string of the molecule is COc1c(C)c(-c2ccc(NCc3cccs3)cc2)c(OC)c(C)c1C=C(C)C(=O)O. The summed E-state index contributed by atoms with van der Waals surface area (Å²) in [5, 5.41) is 14.8. The van der Waals surface area contributed by atoms with E-state index in [-0.39, 0.29) is 5.57 Å². The Morgan fingerprint density at radius 1 is 1.06 bits per heavy atom. The van der Waals surface area contributed by atoms with Crippen LogP contribution in [-0.2, 0) is 11.3 Å². The minimum Gasteiger partial charge on any atom is -0.496 e. The maximum absolute atomic E-state index is 11.4. The maximum atomic E-state index is 11.4. The highest BCUT2D eigenvalue weighted by Crippen LogP contribution is 2.44. The topological polar surface area (TPSA) is 67.8 Å². The van der Waals surface area contributed by atoms with Crippen molar-refractivity contribution in [1.82, 2.24) is 0 Å². The van der Waals surface area contributed by atoms with Crippen LogP contribution < -0.4 is 14.8 Å². The molecule has 0 saturated heterocycles. The zero-order valence-electron chi connectivity index (χ0n) is 18.4. The second kappa shape index (κ2) is 9.71. The lowest BCUT2D eigenvalue weighted by Gasteiger charge is -2.21. The summed E-state index contributed by atoms with van der Waals surface area (Å²) < 4.78 is 11.5. The molecule has 1 heterocycles. The summed E-state index contributed by atoms with van der Waals surface area (Å²) in [7, 11) is 3.23. The Hall–Kier alpha value is -3.25. The van der Waals surface area contributed by atoms with Gasteiger partial charge in [0.25, 0.3) is 0 Å². The standard InChI is InChI=1S/C25H27NO4S/c1-15(25(27)28)13-21-16(2)24(30-5)22(17(3)23(21)29-4)18-8-10-19(11-9-18)26-14-20-7-6-12-31-20/h6-13,26H,14H2,1-5H3,(H,27,28). The third kappa shape index (κ3) is 4.75. The molecule has 0 bridgehead atoms. The fourth-order valence-corrected chi connectivity index (χ4v) is 4.29. The molecular formula is C25H27NO4S. The molecular weight excluding hydrogens is 410 g/mol. The summed E-state index contributed by atoms with van der Waals surface area (Å²) in [6, 6.07) is 12.4. The first-order valence-corrected chi connectivity index (χ1v) is 10.8. The van der Waals surface area contributed by atoms with E-state index < -0.39 is 5.97 Å². The Morgan fingerprint density at radius 3 is 2.29 bits per heavy atom. The normalized spacial score (nSPS) is 11.3. The number of nitrogens with one attached hydrogen (secondary N) is 1. The van der Waals surface area contributed by atoms with Crippen LogP contribution in [0.5, 0.6) is 11.5 Å². The number of carboxylic acid groups (broad SMARTS) is 1. The smallest absolute Gasteiger partial charge is 0.331 e. The largest absolute Gasteiger partial charge is 0.496 e. The Kier molecular flexibility index (Phi) is 7.02. The predicted octanol–water partition coefficient (Wildman–Crippen LogP) is 6.15. The molecule has 0 atom stereocenters. The number of rotatable bonds is 8. The summed E-state index contributed by atoms with van der Waals surface area (Å²) in [6.45, 7) is 6.24. The van der Waals surface area contributed by atoms with Gasteiger partial charge in [0.2, 0.25) is 0 Å². The fraction of sp³-hybridized carbons (Fsp3) is 0.240. The van der Waals surface area contributed by atoms with Crippen molar-refractivity contribution in [3.63, 3.8) is 0 Å². The van der Waals surface area contributed by atoms with Crippen molar-refractivity contribution < 1.29 is 19.4 Å². The van der Waals surface area contributed by atoms with Crippen LogP contribution >= 0.6 is 11.3 Å². The van der Waals surface area contributed by atoms with Crippen LogP contribution in [0.25, 0.3) is 17.2 Å². The first-order chi connectivity index (χ1) is 14.9. The zero-order valence-corrected chi connectivity index (χ0v) is 19.2. The number of methoxy groups -OCH3 is 2. The molecule has 1 aromatic heterocycles. The van der Waals surface area contributed by atoms with Gasteiger partial charge in [0.05, 0.1) is 14.2 Å². The van der Waals surface area contributed by atoms with E-state index in [0.29, 0.717) is 11.5 Å². The van der Waals surface area contributed by atoms with E-state index in [1.54, 1.807) is 38.6 Å². The van der Waals surface area contributed by atoms with Crippen molar-refractivity contribution in [3.05, 3.63) is 68.9 Å². The number of hydrogen-bond donors (Lipinski definition) is 2. The lowest BCUT2D eigenvalue weighted by atomic mass is 9.91. The molecule has 0 aliphatic carbocycles. The van der Waals surface area contributed by atoms with E-state index in [2.05, 4.69) is 28.9 Å². The number of carbonyl (C=O) groups is 1. The first kappa shape index (κ1) is 22.4. The van der Waals surface area contributed by atoms with Gasteiger partial charge in [-0.15, -0.1) is 11.3 Å². The van der Waals surface area contributed by atoms with Gasteiger partial charge in [-0.3, -0.25) is 0 Å². The van der Waals surface area contributed by atoms with E-state index in [4.69, 9.17) is 9.47 Å². The van der Waals surface area contributed by atoms with Crippen molar-refractivity contribution in [1.29, 1.82) is 0 Å². The fourth-order valence-electron chi connectivity index (χ4n) is 3.64. The van der Waals surface area contributed by atoms with E-state index in [9.17, 15) is 9.90 Å². The molecule has 3 aromatic rings. The number of carboxylic acids is 1. The van der Waals surface area contributed by atoms with Crippen molar-refractivity contribution in [2.24, 2.45) is 0 Å². The number of benzene rings is 2. The molecule has 162 valence electrons. The van der Waals surface area contributed by atoms with Crippen LogP contribution in [0.15, 0.2) is 47.4 Å². The summed E-state index contributed by atoms with van der Waals surface area (Å²) in [5.41, 5.74) is 5.66. The maximum Gasteiger partial charge on any atom is 0.331 e. The molecule has 0 amide bonds. The molecule has 0 aliphatic rings. The van der Waals surface area contributed by atoms with Crippen molar-refractivity contribution >= 4 is 29.1 Å². The lowest BCUT2D eigenvalue weighted by molar-refractivity contribution is -0.132. The van der Waals surface area contributed by atoms with Gasteiger partial charge in [-0.05, 0) is 56.0 Å². The number of ether oxygens (including phenoxy) is 2. The Labute approximate surface area is 187 Å². The Bertz CT molecular complexity index is 1100. The number of hydrogen-bond acceptors (Lipinski definition) is 5. The number of anilines is 1. The molecule has 31 heavy (non-hydrogen) atoms. The molecule has 6 heteroatoms. The van der Waals surface area contributed by atoms with Gasteiger partial charge in [0, 0.05) is 44.9 Å². The van der Waals surface area contributed by atoms with Gasteiger partial charge in [-0.2, -0.15) is 0 Å².